The fourth-order valence-electron chi connectivity index (χ4n) is 2.29. The minimum Gasteiger partial charge on any atom is -0.378 e. The number of aromatic nitrogens is 1. The zero-order chi connectivity index (χ0) is 14.1. The van der Waals surface area contributed by atoms with E-state index in [0.717, 1.165) is 27.5 Å². The molecule has 20 heavy (non-hydrogen) atoms. The number of pyridine rings is 1. The molecule has 5 heteroatoms. The van der Waals surface area contributed by atoms with E-state index in [1.807, 2.05) is 61.5 Å². The maximum Gasteiger partial charge on any atom is 0.0735 e. The van der Waals surface area contributed by atoms with E-state index >= 15 is 0 Å². The Labute approximate surface area is 116 Å². The maximum absolute atomic E-state index is 8.81. The molecule has 1 heterocycles. The summed E-state index contributed by atoms with van der Waals surface area (Å²) in [5.74, 6) is 0. The van der Waals surface area contributed by atoms with Crippen LogP contribution in [0, 0.1) is 0 Å². The number of hydrogen-bond acceptors (Lipinski definition) is 3. The van der Waals surface area contributed by atoms with Crippen LogP contribution in [0.4, 0.5) is 11.4 Å². The Hall–Kier alpha value is -2.78. The summed E-state index contributed by atoms with van der Waals surface area (Å²) in [5, 5.41) is 5.60. The summed E-state index contributed by atoms with van der Waals surface area (Å²) in [5.41, 5.74) is 12.2. The molecule has 0 saturated carbocycles. The molecule has 0 aliphatic heterocycles. The number of fused-ring (bicyclic) bond motifs is 2. The molecule has 98 valence electrons. The van der Waals surface area contributed by atoms with Crippen molar-refractivity contribution in [3.05, 3.63) is 52.9 Å². The van der Waals surface area contributed by atoms with Crippen molar-refractivity contribution in [2.45, 2.75) is 0 Å². The van der Waals surface area contributed by atoms with Crippen molar-refractivity contribution in [1.82, 2.24) is 4.98 Å². The molecule has 3 rings (SSSR count). The molecule has 0 spiro atoms. The predicted molar refractivity (Wildman–Crippen MR) is 82.4 cm³/mol. The lowest BCUT2D eigenvalue weighted by Gasteiger charge is -2.14. The first-order valence-corrected chi connectivity index (χ1v) is 6.25. The Morgan fingerprint density at radius 2 is 1.80 bits per heavy atom. The van der Waals surface area contributed by atoms with Gasteiger partial charge in [0.1, 0.15) is 0 Å². The van der Waals surface area contributed by atoms with Gasteiger partial charge in [-0.1, -0.05) is 29.4 Å². The summed E-state index contributed by atoms with van der Waals surface area (Å²) in [6.07, 6.45) is 0. The molecule has 3 aromatic rings. The van der Waals surface area contributed by atoms with Gasteiger partial charge >= 0.3 is 0 Å². The summed E-state index contributed by atoms with van der Waals surface area (Å²) in [7, 11) is 3.97. The largest absolute Gasteiger partial charge is 0.378 e. The molecule has 5 nitrogen and oxygen atoms in total. The molecule has 0 aliphatic carbocycles. The molecule has 0 fully saturated rings. The molecule has 0 aliphatic rings. The van der Waals surface area contributed by atoms with Crippen LogP contribution in [0.15, 0.2) is 47.6 Å². The Kier molecular flexibility index (Phi) is 2.89. The van der Waals surface area contributed by atoms with Gasteiger partial charge in [0.25, 0.3) is 0 Å². The third kappa shape index (κ3) is 1.90. The normalized spacial score (nSPS) is 10.5. The molecule has 0 unspecified atom stereocenters. The van der Waals surface area contributed by atoms with Gasteiger partial charge in [-0.15, -0.1) is 0 Å². The van der Waals surface area contributed by atoms with Crippen molar-refractivity contribution < 1.29 is 0 Å². The first kappa shape index (κ1) is 12.3. The minimum atomic E-state index is 0.637. The van der Waals surface area contributed by atoms with Crippen molar-refractivity contribution in [2.24, 2.45) is 5.11 Å². The highest BCUT2D eigenvalue weighted by molar-refractivity contribution is 6.06. The second kappa shape index (κ2) is 4.72. The predicted octanol–water partition coefficient (Wildman–Crippen LogP) is 4.40. The van der Waals surface area contributed by atoms with E-state index in [-0.39, 0.29) is 0 Å². The molecule has 0 bridgehead atoms. The molecule has 2 aromatic carbocycles. The van der Waals surface area contributed by atoms with Crippen LogP contribution in [0.3, 0.4) is 0 Å². The smallest absolute Gasteiger partial charge is 0.0735 e. The van der Waals surface area contributed by atoms with E-state index in [1.54, 1.807) is 0 Å². The number of nitrogens with zero attached hydrogens (tertiary/aromatic N) is 5. The van der Waals surface area contributed by atoms with Crippen LogP contribution < -0.4 is 4.90 Å². The summed E-state index contributed by atoms with van der Waals surface area (Å²) in [4.78, 5) is 9.62. The van der Waals surface area contributed by atoms with Crippen LogP contribution in [0.1, 0.15) is 0 Å². The highest BCUT2D eigenvalue weighted by atomic mass is 15.1. The molecule has 0 N–H and O–H groups in total. The van der Waals surface area contributed by atoms with Gasteiger partial charge in [0.05, 0.1) is 16.7 Å². The van der Waals surface area contributed by atoms with E-state index in [9.17, 15) is 0 Å². The number of benzene rings is 2. The van der Waals surface area contributed by atoms with Gasteiger partial charge in [-0.2, -0.15) is 0 Å². The molecular weight excluding hydrogens is 250 g/mol. The summed E-state index contributed by atoms with van der Waals surface area (Å²) in [6, 6.07) is 13.6. The maximum atomic E-state index is 8.81. The van der Waals surface area contributed by atoms with Crippen molar-refractivity contribution in [3.8, 4) is 0 Å². The minimum absolute atomic E-state index is 0.637. The van der Waals surface area contributed by atoms with Gasteiger partial charge < -0.3 is 4.90 Å². The van der Waals surface area contributed by atoms with Crippen LogP contribution in [0.2, 0.25) is 0 Å². The Balaban J connectivity index is 2.46. The number of anilines is 1. The van der Waals surface area contributed by atoms with Crippen molar-refractivity contribution in [2.75, 3.05) is 19.0 Å². The molecule has 0 amide bonds. The van der Waals surface area contributed by atoms with Crippen molar-refractivity contribution in [1.29, 1.82) is 0 Å². The van der Waals surface area contributed by atoms with Crippen molar-refractivity contribution in [3.63, 3.8) is 0 Å². The van der Waals surface area contributed by atoms with Gasteiger partial charge in [0.15, 0.2) is 0 Å². The summed E-state index contributed by atoms with van der Waals surface area (Å²) < 4.78 is 0. The zero-order valence-electron chi connectivity index (χ0n) is 11.3. The first-order chi connectivity index (χ1) is 9.70. The number of hydrogen-bond donors (Lipinski definition) is 0. The molecule has 0 radical (unpaired) electrons. The van der Waals surface area contributed by atoms with Gasteiger partial charge in [0, 0.05) is 35.5 Å². The van der Waals surface area contributed by atoms with E-state index in [4.69, 9.17) is 5.53 Å². The molecular formula is C15H13N5. The highest BCUT2D eigenvalue weighted by Gasteiger charge is 2.08. The van der Waals surface area contributed by atoms with E-state index in [1.165, 1.54) is 0 Å². The third-order valence-corrected chi connectivity index (χ3v) is 3.30. The van der Waals surface area contributed by atoms with Crippen LogP contribution in [0.25, 0.3) is 32.2 Å². The Morgan fingerprint density at radius 1 is 1.05 bits per heavy atom. The van der Waals surface area contributed by atoms with Gasteiger partial charge in [-0.05, 0) is 23.7 Å². The molecule has 0 atom stereocenters. The summed E-state index contributed by atoms with van der Waals surface area (Å²) >= 11 is 0. The van der Waals surface area contributed by atoms with Gasteiger partial charge in [-0.3, -0.25) is 0 Å². The number of para-hydroxylation sites is 1. The monoisotopic (exact) mass is 263 g/mol. The quantitative estimate of drug-likeness (QED) is 0.298. The van der Waals surface area contributed by atoms with Gasteiger partial charge in [0.2, 0.25) is 0 Å². The molecule has 0 saturated heterocycles. The lowest BCUT2D eigenvalue weighted by molar-refractivity contribution is 1.13. The number of azide groups is 1. The average Bonchev–Trinajstić information content (AvgIpc) is 2.46. The second-order valence-electron chi connectivity index (χ2n) is 4.76. The SMILES string of the molecule is CN(C)c1ccc2c(N=[N+]=[N-])c3ccccc3nc2c1. The first-order valence-electron chi connectivity index (χ1n) is 6.25. The van der Waals surface area contributed by atoms with Crippen LogP contribution in [-0.4, -0.2) is 19.1 Å². The summed E-state index contributed by atoms with van der Waals surface area (Å²) in [6.45, 7) is 0. The Bertz CT molecular complexity index is 847. The second-order valence-corrected chi connectivity index (χ2v) is 4.76. The van der Waals surface area contributed by atoms with Crippen molar-refractivity contribution >= 4 is 33.2 Å². The van der Waals surface area contributed by atoms with E-state index in [0.29, 0.717) is 5.69 Å². The Morgan fingerprint density at radius 3 is 2.55 bits per heavy atom. The fraction of sp³-hybridized carbons (Fsp3) is 0.133. The zero-order valence-corrected chi connectivity index (χ0v) is 11.3. The highest BCUT2D eigenvalue weighted by Crippen LogP contribution is 2.34. The van der Waals surface area contributed by atoms with Gasteiger partial charge in [-0.25, -0.2) is 4.98 Å². The van der Waals surface area contributed by atoms with E-state index < -0.39 is 0 Å². The van der Waals surface area contributed by atoms with Crippen LogP contribution in [-0.2, 0) is 0 Å². The lowest BCUT2D eigenvalue weighted by atomic mass is 10.1. The topological polar surface area (TPSA) is 64.9 Å². The van der Waals surface area contributed by atoms with Crippen LogP contribution in [0.5, 0.6) is 0 Å². The fourth-order valence-corrected chi connectivity index (χ4v) is 2.29. The lowest BCUT2D eigenvalue weighted by Crippen LogP contribution is -2.08. The number of rotatable bonds is 2. The average molecular weight is 263 g/mol. The molecule has 1 aromatic heterocycles. The van der Waals surface area contributed by atoms with Crippen LogP contribution >= 0.6 is 0 Å². The van der Waals surface area contributed by atoms with E-state index in [2.05, 4.69) is 15.0 Å². The standard InChI is InChI=1S/C15H13N5/c1-20(2)10-7-8-12-14(9-10)17-13-6-4-3-5-11(13)15(12)18-19-16/h3-9H,1-2H3. The third-order valence-electron chi connectivity index (χ3n) is 3.30.